The maximum atomic E-state index is 15.9. The van der Waals surface area contributed by atoms with Crippen molar-refractivity contribution in [3.8, 4) is 0 Å². The van der Waals surface area contributed by atoms with Crippen LogP contribution >= 0.6 is 0 Å². The third-order valence-electron chi connectivity index (χ3n) is 10.4. The van der Waals surface area contributed by atoms with Crippen molar-refractivity contribution < 1.29 is 13.2 Å². The van der Waals surface area contributed by atoms with Crippen molar-refractivity contribution in [2.45, 2.75) is 114 Å². The van der Waals surface area contributed by atoms with Crippen LogP contribution in [0.4, 0.5) is 13.2 Å². The van der Waals surface area contributed by atoms with Gasteiger partial charge in [-0.05, 0) is 108 Å². The number of likely N-dealkylation sites (tertiary alicyclic amines) is 2. The van der Waals surface area contributed by atoms with E-state index in [-0.39, 0.29) is 12.3 Å². The Bertz CT molecular complexity index is 744. The summed E-state index contributed by atoms with van der Waals surface area (Å²) >= 11 is 0. The molecule has 212 valence electrons. The lowest BCUT2D eigenvalue weighted by atomic mass is 9.75. The number of alkyl halides is 3. The molecule has 5 fully saturated rings. The van der Waals surface area contributed by atoms with E-state index in [0.717, 1.165) is 58.0 Å². The second-order valence-corrected chi connectivity index (χ2v) is 12.9. The van der Waals surface area contributed by atoms with Gasteiger partial charge in [0.25, 0.3) is 0 Å². The summed E-state index contributed by atoms with van der Waals surface area (Å²) in [5, 5.41) is 10.3. The van der Waals surface area contributed by atoms with Crippen LogP contribution < -0.4 is 16.0 Å². The van der Waals surface area contributed by atoms with Gasteiger partial charge in [-0.15, -0.1) is 0 Å². The van der Waals surface area contributed by atoms with Gasteiger partial charge in [0, 0.05) is 44.0 Å². The Morgan fingerprint density at radius 1 is 0.946 bits per heavy atom. The van der Waals surface area contributed by atoms with Crippen LogP contribution in [0.5, 0.6) is 0 Å². The maximum absolute atomic E-state index is 15.9. The van der Waals surface area contributed by atoms with Gasteiger partial charge >= 0.3 is 0 Å². The Labute approximate surface area is 222 Å². The van der Waals surface area contributed by atoms with Crippen LogP contribution in [0.1, 0.15) is 84.0 Å². The van der Waals surface area contributed by atoms with Gasteiger partial charge in [-0.1, -0.05) is 6.58 Å². The number of hydrogen-bond donors (Lipinski definition) is 3. The molecule has 0 radical (unpaired) electrons. The van der Waals surface area contributed by atoms with Crippen molar-refractivity contribution in [2.24, 2.45) is 23.7 Å². The normalized spacial score (nSPS) is 40.4. The first-order chi connectivity index (χ1) is 17.8. The quantitative estimate of drug-likeness (QED) is 0.414. The van der Waals surface area contributed by atoms with E-state index < -0.39 is 18.0 Å². The van der Waals surface area contributed by atoms with Crippen molar-refractivity contribution in [3.63, 3.8) is 0 Å². The first-order valence-electron chi connectivity index (χ1n) is 15.2. The molecular formula is C29H50F3N5. The first-order valence-corrected chi connectivity index (χ1v) is 15.2. The fraction of sp³-hybridized carbons (Fsp3) is 0.931. The molecule has 0 bridgehead atoms. The summed E-state index contributed by atoms with van der Waals surface area (Å²) in [7, 11) is 0. The second kappa shape index (κ2) is 12.1. The fourth-order valence-electron chi connectivity index (χ4n) is 8.08. The smallest absolute Gasteiger partial charge is 0.248 e. The summed E-state index contributed by atoms with van der Waals surface area (Å²) in [5.41, 5.74) is 1.32. The van der Waals surface area contributed by atoms with E-state index >= 15 is 4.39 Å². The van der Waals surface area contributed by atoms with Crippen LogP contribution in [0.25, 0.3) is 0 Å². The number of nitrogens with one attached hydrogen (secondary N) is 3. The molecule has 0 spiro atoms. The molecule has 8 heteroatoms. The van der Waals surface area contributed by atoms with Gasteiger partial charge in [0.2, 0.25) is 5.92 Å². The Hall–Kier alpha value is -0.830. The minimum Gasteiger partial charge on any atom is -0.375 e. The SMILES string of the molecule is C=C1CCCN1CC1CCC(CNC2NCNC(N3CCCC3C3CCC(C(C)(F)F)CC3)C2F)CC1. The van der Waals surface area contributed by atoms with Crippen LogP contribution in [-0.4, -0.2) is 73.1 Å². The van der Waals surface area contributed by atoms with Gasteiger partial charge in [-0.3, -0.25) is 20.9 Å². The molecule has 0 aromatic carbocycles. The van der Waals surface area contributed by atoms with Crippen LogP contribution in [0.2, 0.25) is 0 Å². The summed E-state index contributed by atoms with van der Waals surface area (Å²) in [4.78, 5) is 4.83. The molecule has 4 unspecified atom stereocenters. The highest BCUT2D eigenvalue weighted by molar-refractivity contribution is 5.00. The molecule has 3 N–H and O–H groups in total. The predicted octanol–water partition coefficient (Wildman–Crippen LogP) is 5.06. The number of hydrogen-bond acceptors (Lipinski definition) is 5. The molecule has 0 aromatic rings. The maximum Gasteiger partial charge on any atom is 0.248 e. The highest BCUT2D eigenvalue weighted by Crippen LogP contribution is 2.42. The largest absolute Gasteiger partial charge is 0.375 e. The molecule has 0 aromatic heterocycles. The molecule has 3 aliphatic heterocycles. The summed E-state index contributed by atoms with van der Waals surface area (Å²) in [6.07, 6.45) is 10.7. The standard InChI is InChI=1S/C29H50F3N5/c1-20-5-3-15-36(20)18-22-9-7-21(8-10-22)17-33-27-26(30)28(35-19-34-27)37-16-4-6-25(37)23-11-13-24(14-12-23)29(2,31)32/h21-28,33-35H,1,3-19H2,2H3. The summed E-state index contributed by atoms with van der Waals surface area (Å²) in [6.45, 7) is 9.98. The second-order valence-electron chi connectivity index (χ2n) is 12.9. The number of nitrogens with zero attached hydrogens (tertiary/aromatic N) is 2. The average molecular weight is 526 g/mol. The zero-order chi connectivity index (χ0) is 26.0. The van der Waals surface area contributed by atoms with Crippen LogP contribution in [-0.2, 0) is 0 Å². The monoisotopic (exact) mass is 525 g/mol. The summed E-state index contributed by atoms with van der Waals surface area (Å²) in [6, 6.07) is 0.308. The fourth-order valence-corrected chi connectivity index (χ4v) is 8.08. The van der Waals surface area contributed by atoms with E-state index in [1.54, 1.807) is 0 Å². The minimum absolute atomic E-state index is 0.305. The predicted molar refractivity (Wildman–Crippen MR) is 143 cm³/mol. The summed E-state index contributed by atoms with van der Waals surface area (Å²) in [5.74, 6) is -1.28. The molecule has 4 atom stereocenters. The molecule has 3 heterocycles. The van der Waals surface area contributed by atoms with E-state index in [1.165, 1.54) is 50.9 Å². The zero-order valence-corrected chi connectivity index (χ0v) is 22.9. The molecule has 37 heavy (non-hydrogen) atoms. The number of allylic oxidation sites excluding steroid dienone is 1. The van der Waals surface area contributed by atoms with Gasteiger partial charge in [-0.2, -0.15) is 0 Å². The Morgan fingerprint density at radius 3 is 2.35 bits per heavy atom. The Kier molecular flexibility index (Phi) is 9.09. The van der Waals surface area contributed by atoms with Crippen molar-refractivity contribution >= 4 is 0 Å². The lowest BCUT2D eigenvalue weighted by molar-refractivity contribution is -0.0653. The number of rotatable bonds is 8. The number of halogens is 3. The van der Waals surface area contributed by atoms with E-state index in [9.17, 15) is 8.78 Å². The topological polar surface area (TPSA) is 42.6 Å². The molecule has 0 amide bonds. The highest BCUT2D eigenvalue weighted by atomic mass is 19.3. The van der Waals surface area contributed by atoms with E-state index in [4.69, 9.17) is 0 Å². The van der Waals surface area contributed by atoms with Gasteiger partial charge in [0.05, 0.1) is 12.3 Å². The minimum atomic E-state index is -2.58. The zero-order valence-electron chi connectivity index (χ0n) is 22.9. The van der Waals surface area contributed by atoms with Gasteiger partial charge in [-0.25, -0.2) is 13.2 Å². The van der Waals surface area contributed by atoms with E-state index in [0.29, 0.717) is 37.4 Å². The Morgan fingerprint density at radius 2 is 1.68 bits per heavy atom. The molecule has 2 saturated carbocycles. The van der Waals surface area contributed by atoms with E-state index in [1.807, 2.05) is 0 Å². The molecule has 2 aliphatic carbocycles. The molecular weight excluding hydrogens is 475 g/mol. The molecule has 3 saturated heterocycles. The van der Waals surface area contributed by atoms with Crippen molar-refractivity contribution in [2.75, 3.05) is 32.8 Å². The van der Waals surface area contributed by atoms with Crippen molar-refractivity contribution in [1.29, 1.82) is 0 Å². The lowest BCUT2D eigenvalue weighted by Gasteiger charge is -2.45. The lowest BCUT2D eigenvalue weighted by Crippen LogP contribution is -2.69. The first kappa shape index (κ1) is 27.7. The highest BCUT2D eigenvalue weighted by Gasteiger charge is 2.45. The molecule has 5 nitrogen and oxygen atoms in total. The van der Waals surface area contributed by atoms with E-state index in [2.05, 4.69) is 32.3 Å². The van der Waals surface area contributed by atoms with Gasteiger partial charge in [0.1, 0.15) is 0 Å². The van der Waals surface area contributed by atoms with Crippen LogP contribution in [0.3, 0.4) is 0 Å². The molecule has 5 rings (SSSR count). The van der Waals surface area contributed by atoms with Crippen LogP contribution in [0, 0.1) is 23.7 Å². The average Bonchev–Trinajstić information content (AvgIpc) is 3.53. The Balaban J connectivity index is 1.07. The summed E-state index contributed by atoms with van der Waals surface area (Å²) < 4.78 is 43.5. The third kappa shape index (κ3) is 6.67. The molecule has 5 aliphatic rings. The van der Waals surface area contributed by atoms with Crippen LogP contribution in [0.15, 0.2) is 12.3 Å². The van der Waals surface area contributed by atoms with Gasteiger partial charge < -0.3 is 4.90 Å². The van der Waals surface area contributed by atoms with Gasteiger partial charge in [0.15, 0.2) is 6.17 Å². The third-order valence-corrected chi connectivity index (χ3v) is 10.4. The van der Waals surface area contributed by atoms with Crippen molar-refractivity contribution in [1.82, 2.24) is 25.8 Å². The van der Waals surface area contributed by atoms with Crippen molar-refractivity contribution in [3.05, 3.63) is 12.3 Å².